The summed E-state index contributed by atoms with van der Waals surface area (Å²) < 4.78 is 0. The largest absolute Gasteiger partial charge is 0.370 e. The van der Waals surface area contributed by atoms with Crippen LogP contribution in [0.25, 0.3) is 0 Å². The van der Waals surface area contributed by atoms with E-state index in [9.17, 15) is 4.79 Å². The van der Waals surface area contributed by atoms with Crippen LogP contribution >= 0.6 is 0 Å². The third-order valence-corrected chi connectivity index (χ3v) is 6.98. The Morgan fingerprint density at radius 3 is 2.69 bits per heavy atom. The first-order chi connectivity index (χ1) is 12.5. The number of carbonyl (C=O) groups excluding carboxylic acids is 1. The summed E-state index contributed by atoms with van der Waals surface area (Å²) in [6.07, 6.45) is 6.08. The van der Waals surface area contributed by atoms with Gasteiger partial charge in [-0.1, -0.05) is 0 Å². The maximum atomic E-state index is 13.1. The molecular weight excluding hydrogens is 326 g/mol. The first-order valence-electron chi connectivity index (χ1n) is 10.0. The molecule has 6 nitrogen and oxygen atoms in total. The predicted octanol–water partition coefficient (Wildman–Crippen LogP) is 1.95. The van der Waals surface area contributed by atoms with Crippen LogP contribution in [-0.2, 0) is 4.79 Å². The van der Waals surface area contributed by atoms with E-state index in [2.05, 4.69) is 34.6 Å². The molecule has 1 aliphatic carbocycles. The molecule has 140 valence electrons. The van der Waals surface area contributed by atoms with Crippen LogP contribution in [0.1, 0.15) is 33.1 Å². The smallest absolute Gasteiger partial charge is 0.250 e. The van der Waals surface area contributed by atoms with Gasteiger partial charge < -0.3 is 14.7 Å². The van der Waals surface area contributed by atoms with E-state index in [0.29, 0.717) is 11.5 Å². The highest BCUT2D eigenvalue weighted by molar-refractivity contribution is 6.05. The number of nitrogens with zero attached hydrogens (tertiary/aromatic N) is 5. The summed E-state index contributed by atoms with van der Waals surface area (Å²) in [6.45, 7) is 9.33. The molecule has 1 amide bonds. The number of hydrogen-bond donors (Lipinski definition) is 0. The van der Waals surface area contributed by atoms with E-state index in [0.717, 1.165) is 44.2 Å². The summed E-state index contributed by atoms with van der Waals surface area (Å²) in [5.41, 5.74) is 2.74. The van der Waals surface area contributed by atoms with Crippen molar-refractivity contribution in [2.24, 2.45) is 5.41 Å². The highest BCUT2D eigenvalue weighted by atomic mass is 16.2. The molecule has 1 unspecified atom stereocenters. The Morgan fingerprint density at radius 2 is 2.00 bits per heavy atom. The van der Waals surface area contributed by atoms with E-state index in [-0.39, 0.29) is 11.9 Å². The molecule has 1 aromatic heterocycles. The maximum Gasteiger partial charge on any atom is 0.250 e. The van der Waals surface area contributed by atoms with Crippen LogP contribution in [0.2, 0.25) is 0 Å². The summed E-state index contributed by atoms with van der Waals surface area (Å²) in [7, 11) is 1.91. The second-order valence-corrected chi connectivity index (χ2v) is 8.90. The summed E-state index contributed by atoms with van der Waals surface area (Å²) in [6, 6.07) is 2.55. The molecule has 0 N–H and O–H groups in total. The molecule has 1 spiro atoms. The Labute approximate surface area is 155 Å². The minimum absolute atomic E-state index is 0.108. The van der Waals surface area contributed by atoms with Crippen molar-refractivity contribution in [3.63, 3.8) is 0 Å². The van der Waals surface area contributed by atoms with Gasteiger partial charge in [-0.2, -0.15) is 0 Å². The van der Waals surface area contributed by atoms with E-state index in [1.807, 2.05) is 18.1 Å². The lowest BCUT2D eigenvalue weighted by Gasteiger charge is -2.47. The zero-order valence-electron chi connectivity index (χ0n) is 16.1. The molecule has 3 fully saturated rings. The first-order valence-corrected chi connectivity index (χ1v) is 10.0. The predicted molar refractivity (Wildman–Crippen MR) is 104 cm³/mol. The summed E-state index contributed by atoms with van der Waals surface area (Å²) in [5.74, 6) is 1.17. The van der Waals surface area contributed by atoms with Gasteiger partial charge in [-0.25, -0.2) is 4.98 Å². The Bertz CT molecular complexity index is 744. The molecule has 26 heavy (non-hydrogen) atoms. The van der Waals surface area contributed by atoms with Crippen LogP contribution in [0.5, 0.6) is 0 Å². The molecule has 0 aromatic carbocycles. The van der Waals surface area contributed by atoms with E-state index >= 15 is 0 Å². The van der Waals surface area contributed by atoms with Crippen LogP contribution < -0.4 is 14.7 Å². The molecular formula is C20H29N5O. The lowest BCUT2D eigenvalue weighted by atomic mass is 10.0. The summed E-state index contributed by atoms with van der Waals surface area (Å²) >= 11 is 0. The number of hydrogen-bond acceptors (Lipinski definition) is 5. The second-order valence-electron chi connectivity index (χ2n) is 8.90. The van der Waals surface area contributed by atoms with E-state index < -0.39 is 0 Å². The van der Waals surface area contributed by atoms with Gasteiger partial charge in [0.1, 0.15) is 6.04 Å². The van der Waals surface area contributed by atoms with Crippen LogP contribution in [0, 0.1) is 5.41 Å². The number of piperazine rings is 1. The fourth-order valence-electron chi connectivity index (χ4n) is 4.90. The average molecular weight is 355 g/mol. The number of rotatable bonds is 2. The van der Waals surface area contributed by atoms with E-state index in [4.69, 9.17) is 4.98 Å². The number of amides is 1. The van der Waals surface area contributed by atoms with Gasteiger partial charge in [0, 0.05) is 45.8 Å². The van der Waals surface area contributed by atoms with Gasteiger partial charge >= 0.3 is 0 Å². The molecule has 4 aliphatic rings. The van der Waals surface area contributed by atoms with Crippen molar-refractivity contribution in [1.29, 1.82) is 0 Å². The molecule has 1 saturated carbocycles. The minimum Gasteiger partial charge on any atom is -0.370 e. The Balaban J connectivity index is 1.45. The highest BCUT2D eigenvalue weighted by Gasteiger charge is 2.48. The molecule has 4 heterocycles. The zero-order chi connectivity index (χ0) is 18.1. The van der Waals surface area contributed by atoms with Gasteiger partial charge in [0.2, 0.25) is 0 Å². The Kier molecular flexibility index (Phi) is 3.52. The van der Waals surface area contributed by atoms with E-state index in [1.165, 1.54) is 24.9 Å². The van der Waals surface area contributed by atoms with Crippen molar-refractivity contribution in [2.75, 3.05) is 54.5 Å². The number of aromatic nitrogens is 1. The van der Waals surface area contributed by atoms with Crippen LogP contribution in [-0.4, -0.2) is 67.6 Å². The van der Waals surface area contributed by atoms with Crippen molar-refractivity contribution in [3.8, 4) is 0 Å². The number of anilines is 3. The lowest BCUT2D eigenvalue weighted by Crippen LogP contribution is -2.63. The highest BCUT2D eigenvalue weighted by Crippen LogP contribution is 2.53. The molecule has 6 heteroatoms. The zero-order valence-corrected chi connectivity index (χ0v) is 16.1. The molecule has 0 radical (unpaired) electrons. The van der Waals surface area contributed by atoms with E-state index in [1.54, 1.807) is 0 Å². The number of pyridine rings is 1. The SMILES string of the molecule is CC(C)N1CCN2c3ncc(N4CCC5(CC5)C4)cc3N(C)C(=O)C2C1. The third-order valence-electron chi connectivity index (χ3n) is 6.98. The van der Waals surface area contributed by atoms with Crippen molar-refractivity contribution in [1.82, 2.24) is 9.88 Å². The monoisotopic (exact) mass is 355 g/mol. The fourth-order valence-corrected chi connectivity index (χ4v) is 4.90. The number of carbonyl (C=O) groups is 1. The van der Waals surface area contributed by atoms with Crippen molar-refractivity contribution in [2.45, 2.75) is 45.2 Å². The Morgan fingerprint density at radius 1 is 1.19 bits per heavy atom. The van der Waals surface area contributed by atoms with Crippen molar-refractivity contribution < 1.29 is 4.79 Å². The topological polar surface area (TPSA) is 42.9 Å². The van der Waals surface area contributed by atoms with Gasteiger partial charge in [-0.3, -0.25) is 9.69 Å². The minimum atomic E-state index is -0.108. The molecule has 5 rings (SSSR count). The number of likely N-dealkylation sites (N-methyl/N-ethyl adjacent to an activating group) is 1. The van der Waals surface area contributed by atoms with Crippen LogP contribution in [0.15, 0.2) is 12.3 Å². The van der Waals surface area contributed by atoms with Crippen LogP contribution in [0.3, 0.4) is 0 Å². The van der Waals surface area contributed by atoms with Gasteiger partial charge in [0.15, 0.2) is 5.82 Å². The van der Waals surface area contributed by atoms with Gasteiger partial charge in [-0.15, -0.1) is 0 Å². The molecule has 1 aromatic rings. The average Bonchev–Trinajstić information content (AvgIpc) is 3.27. The third kappa shape index (κ3) is 2.42. The van der Waals surface area contributed by atoms with Gasteiger partial charge in [0.25, 0.3) is 5.91 Å². The lowest BCUT2D eigenvalue weighted by molar-refractivity contribution is -0.121. The standard InChI is InChI=1S/C20H29N5O/c1-14(2)23-8-9-25-17(12-23)19(26)22(3)16-10-15(11-21-18(16)25)24-7-6-20(13-24)4-5-20/h10-11,14,17H,4-9,12-13H2,1-3H3. The van der Waals surface area contributed by atoms with Crippen molar-refractivity contribution in [3.05, 3.63) is 12.3 Å². The molecule has 2 saturated heterocycles. The number of fused-ring (bicyclic) bond motifs is 3. The first kappa shape index (κ1) is 16.4. The van der Waals surface area contributed by atoms with Gasteiger partial charge in [0.05, 0.1) is 17.6 Å². The molecule has 3 aliphatic heterocycles. The second kappa shape index (κ2) is 5.59. The summed E-state index contributed by atoms with van der Waals surface area (Å²) in [5, 5.41) is 0. The van der Waals surface area contributed by atoms with Gasteiger partial charge in [-0.05, 0) is 44.6 Å². The molecule has 0 bridgehead atoms. The van der Waals surface area contributed by atoms with Crippen molar-refractivity contribution >= 4 is 23.1 Å². The maximum absolute atomic E-state index is 13.1. The molecule has 1 atom stereocenters. The summed E-state index contributed by atoms with van der Waals surface area (Å²) in [4.78, 5) is 26.8. The fraction of sp³-hybridized carbons (Fsp3) is 0.700. The Hall–Kier alpha value is -1.82. The normalized spacial score (nSPS) is 27.3. The quantitative estimate of drug-likeness (QED) is 0.811. The van der Waals surface area contributed by atoms with Crippen LogP contribution in [0.4, 0.5) is 17.2 Å².